The van der Waals surface area contributed by atoms with Crippen molar-refractivity contribution < 1.29 is 19.0 Å². The van der Waals surface area contributed by atoms with Crippen LogP contribution in [0.15, 0.2) is 42.6 Å². The SMILES string of the molecule is COc1ccc(C)cc1NC(=O)COc1cccc[n+]1[O-]. The highest BCUT2D eigenvalue weighted by atomic mass is 16.6. The molecule has 0 saturated carbocycles. The molecule has 0 aliphatic carbocycles. The van der Waals surface area contributed by atoms with E-state index in [2.05, 4.69) is 5.32 Å². The Morgan fingerprint density at radius 1 is 1.33 bits per heavy atom. The van der Waals surface area contributed by atoms with Gasteiger partial charge in [-0.2, -0.15) is 0 Å². The standard InChI is InChI=1S/C15H16N2O4/c1-11-6-7-13(20-2)12(9-11)16-14(18)10-21-15-5-3-4-8-17(15)19/h3-9H,10H2,1-2H3,(H,16,18). The quantitative estimate of drug-likeness (QED) is 0.670. The first-order valence-electron chi connectivity index (χ1n) is 6.35. The third kappa shape index (κ3) is 3.85. The van der Waals surface area contributed by atoms with Crippen LogP contribution in [0.3, 0.4) is 0 Å². The lowest BCUT2D eigenvalue weighted by molar-refractivity contribution is -0.612. The van der Waals surface area contributed by atoms with Crippen LogP contribution < -0.4 is 19.5 Å². The van der Waals surface area contributed by atoms with Crippen LogP contribution in [0.1, 0.15) is 5.56 Å². The van der Waals surface area contributed by atoms with E-state index in [1.165, 1.54) is 19.4 Å². The molecule has 0 saturated heterocycles. The second kappa shape index (κ2) is 6.60. The van der Waals surface area contributed by atoms with Crippen molar-refractivity contribution in [2.45, 2.75) is 6.92 Å². The fraction of sp³-hybridized carbons (Fsp3) is 0.200. The molecule has 0 bridgehead atoms. The maximum atomic E-state index is 11.9. The number of pyridine rings is 1. The molecule has 0 spiro atoms. The molecule has 0 aliphatic rings. The maximum Gasteiger partial charge on any atom is 0.379 e. The number of aromatic nitrogens is 1. The van der Waals surface area contributed by atoms with Gasteiger partial charge >= 0.3 is 5.88 Å². The number of hydrogen-bond donors (Lipinski definition) is 1. The monoisotopic (exact) mass is 288 g/mol. The number of amides is 1. The molecule has 6 nitrogen and oxygen atoms in total. The van der Waals surface area contributed by atoms with E-state index < -0.39 is 0 Å². The summed E-state index contributed by atoms with van der Waals surface area (Å²) in [5, 5.41) is 14.1. The van der Waals surface area contributed by atoms with Gasteiger partial charge in [-0.05, 0) is 30.7 Å². The highest BCUT2D eigenvalue weighted by Crippen LogP contribution is 2.24. The van der Waals surface area contributed by atoms with Crippen molar-refractivity contribution in [3.05, 3.63) is 53.4 Å². The summed E-state index contributed by atoms with van der Waals surface area (Å²) in [6.07, 6.45) is 1.30. The molecular weight excluding hydrogens is 272 g/mol. The van der Waals surface area contributed by atoms with Crippen molar-refractivity contribution in [2.24, 2.45) is 0 Å². The zero-order chi connectivity index (χ0) is 15.2. The fourth-order valence-corrected chi connectivity index (χ4v) is 1.77. The molecule has 0 atom stereocenters. The first-order valence-corrected chi connectivity index (χ1v) is 6.35. The molecular formula is C15H16N2O4. The normalized spacial score (nSPS) is 10.0. The zero-order valence-corrected chi connectivity index (χ0v) is 11.8. The van der Waals surface area contributed by atoms with Crippen molar-refractivity contribution in [3.8, 4) is 11.6 Å². The predicted octanol–water partition coefficient (Wildman–Crippen LogP) is 1.65. The molecule has 1 N–H and O–H groups in total. The lowest BCUT2D eigenvalue weighted by atomic mass is 10.2. The van der Waals surface area contributed by atoms with Gasteiger partial charge < -0.3 is 20.0 Å². The molecule has 0 fully saturated rings. The Balaban J connectivity index is 1.99. The Hall–Kier alpha value is -2.76. The number of hydrogen-bond acceptors (Lipinski definition) is 4. The number of anilines is 1. The number of benzene rings is 1. The van der Waals surface area contributed by atoms with Crippen molar-refractivity contribution >= 4 is 11.6 Å². The molecule has 1 aromatic heterocycles. The summed E-state index contributed by atoms with van der Waals surface area (Å²) in [6, 6.07) is 10.2. The second-order valence-corrected chi connectivity index (χ2v) is 4.41. The molecule has 21 heavy (non-hydrogen) atoms. The third-order valence-electron chi connectivity index (χ3n) is 2.77. The number of ether oxygens (including phenoxy) is 2. The number of carbonyl (C=O) groups excluding carboxylic acids is 1. The van der Waals surface area contributed by atoms with Crippen molar-refractivity contribution in [1.29, 1.82) is 0 Å². The minimum atomic E-state index is -0.372. The number of aryl methyl sites for hydroxylation is 1. The van der Waals surface area contributed by atoms with E-state index in [4.69, 9.17) is 9.47 Å². The maximum absolute atomic E-state index is 11.9. The van der Waals surface area contributed by atoms with Gasteiger partial charge in [-0.3, -0.25) is 4.79 Å². The number of nitrogens with zero attached hydrogens (tertiary/aromatic N) is 1. The molecule has 1 heterocycles. The van der Waals surface area contributed by atoms with Crippen LogP contribution in [0.25, 0.3) is 0 Å². The molecule has 1 amide bonds. The van der Waals surface area contributed by atoms with Crippen LogP contribution >= 0.6 is 0 Å². The Bertz CT molecular complexity index is 643. The fourth-order valence-electron chi connectivity index (χ4n) is 1.77. The van der Waals surface area contributed by atoms with Crippen LogP contribution in [-0.4, -0.2) is 19.6 Å². The molecule has 2 rings (SSSR count). The van der Waals surface area contributed by atoms with Crippen LogP contribution in [0, 0.1) is 12.1 Å². The minimum absolute atomic E-state index is 0.0730. The molecule has 0 aliphatic heterocycles. The molecule has 1 aromatic carbocycles. The number of methoxy groups -OCH3 is 1. The van der Waals surface area contributed by atoms with Gasteiger partial charge in [0.1, 0.15) is 5.75 Å². The van der Waals surface area contributed by atoms with Crippen LogP contribution in [0.4, 0.5) is 5.69 Å². The second-order valence-electron chi connectivity index (χ2n) is 4.41. The number of carbonyl (C=O) groups is 1. The largest absolute Gasteiger partial charge is 0.616 e. The van der Waals surface area contributed by atoms with Crippen molar-refractivity contribution in [1.82, 2.24) is 0 Å². The van der Waals surface area contributed by atoms with Crippen LogP contribution in [0.5, 0.6) is 11.6 Å². The summed E-state index contributed by atoms with van der Waals surface area (Å²) in [5.74, 6) is 0.263. The number of rotatable bonds is 5. The summed E-state index contributed by atoms with van der Waals surface area (Å²) < 4.78 is 10.9. The summed E-state index contributed by atoms with van der Waals surface area (Å²) >= 11 is 0. The summed E-state index contributed by atoms with van der Waals surface area (Å²) in [7, 11) is 1.53. The van der Waals surface area contributed by atoms with Crippen molar-refractivity contribution in [3.63, 3.8) is 0 Å². The van der Waals surface area contributed by atoms with E-state index in [9.17, 15) is 10.0 Å². The Morgan fingerprint density at radius 3 is 2.86 bits per heavy atom. The predicted molar refractivity (Wildman–Crippen MR) is 77.3 cm³/mol. The van der Waals surface area contributed by atoms with Gasteiger partial charge in [0, 0.05) is 6.07 Å². The van der Waals surface area contributed by atoms with Gasteiger partial charge in [0.25, 0.3) is 5.91 Å². The van der Waals surface area contributed by atoms with Gasteiger partial charge in [0.2, 0.25) is 0 Å². The van der Waals surface area contributed by atoms with E-state index in [1.807, 2.05) is 13.0 Å². The minimum Gasteiger partial charge on any atom is -0.616 e. The van der Waals surface area contributed by atoms with E-state index >= 15 is 0 Å². The summed E-state index contributed by atoms with van der Waals surface area (Å²) in [4.78, 5) is 11.9. The molecule has 0 radical (unpaired) electrons. The average Bonchev–Trinajstić information content (AvgIpc) is 2.47. The van der Waals surface area contributed by atoms with Gasteiger partial charge in [-0.25, -0.2) is 0 Å². The lowest BCUT2D eigenvalue weighted by Gasteiger charge is -2.11. The molecule has 0 unspecified atom stereocenters. The summed E-state index contributed by atoms with van der Waals surface area (Å²) in [5.41, 5.74) is 1.56. The molecule has 2 aromatic rings. The lowest BCUT2D eigenvalue weighted by Crippen LogP contribution is -2.30. The molecule has 110 valence electrons. The smallest absolute Gasteiger partial charge is 0.379 e. The van der Waals surface area contributed by atoms with Crippen LogP contribution in [0.2, 0.25) is 0 Å². The highest BCUT2D eigenvalue weighted by Gasteiger charge is 2.11. The van der Waals surface area contributed by atoms with Crippen molar-refractivity contribution in [2.75, 3.05) is 19.0 Å². The Labute approximate surface area is 122 Å². The summed E-state index contributed by atoms with van der Waals surface area (Å²) in [6.45, 7) is 1.65. The number of nitrogens with one attached hydrogen (secondary N) is 1. The van der Waals surface area contributed by atoms with Crippen LogP contribution in [-0.2, 0) is 4.79 Å². The van der Waals surface area contributed by atoms with E-state index in [1.54, 1.807) is 24.3 Å². The zero-order valence-electron chi connectivity index (χ0n) is 11.8. The Kier molecular flexibility index (Phi) is 4.61. The van der Waals surface area contributed by atoms with Gasteiger partial charge in [-0.15, -0.1) is 4.73 Å². The highest BCUT2D eigenvalue weighted by molar-refractivity contribution is 5.93. The van der Waals surface area contributed by atoms with Gasteiger partial charge in [0.15, 0.2) is 12.8 Å². The third-order valence-corrected chi connectivity index (χ3v) is 2.77. The Morgan fingerprint density at radius 2 is 2.14 bits per heavy atom. The first-order chi connectivity index (χ1) is 10.1. The molecule has 6 heteroatoms. The van der Waals surface area contributed by atoms with E-state index in [-0.39, 0.29) is 18.4 Å². The van der Waals surface area contributed by atoms with E-state index in [0.29, 0.717) is 16.2 Å². The average molecular weight is 288 g/mol. The topological polar surface area (TPSA) is 74.5 Å². The van der Waals surface area contributed by atoms with E-state index in [0.717, 1.165) is 5.56 Å². The first kappa shape index (κ1) is 14.6. The van der Waals surface area contributed by atoms with Gasteiger partial charge in [0.05, 0.1) is 18.9 Å². The van der Waals surface area contributed by atoms with Gasteiger partial charge in [-0.1, -0.05) is 6.07 Å².